The summed E-state index contributed by atoms with van der Waals surface area (Å²) in [5.41, 5.74) is 0.689. The molecule has 1 aliphatic heterocycles. The van der Waals surface area contributed by atoms with Gasteiger partial charge < -0.3 is 4.90 Å². The number of hydrogen-bond donors (Lipinski definition) is 0. The number of hydrogen-bond acceptors (Lipinski definition) is 3. The quantitative estimate of drug-likeness (QED) is 0.847. The second-order valence-corrected chi connectivity index (χ2v) is 5.85. The minimum atomic E-state index is -0.134. The summed E-state index contributed by atoms with van der Waals surface area (Å²) in [6.45, 7) is 4.77. The molecule has 20 heavy (non-hydrogen) atoms. The molecule has 0 N–H and O–H groups in total. The van der Waals surface area contributed by atoms with E-state index in [4.69, 9.17) is 0 Å². The number of rotatable bonds is 4. The fraction of sp³-hybridized carbons (Fsp3) is 0.467. The van der Waals surface area contributed by atoms with Gasteiger partial charge in [0, 0.05) is 43.4 Å². The summed E-state index contributed by atoms with van der Waals surface area (Å²) in [7, 11) is 0. The van der Waals surface area contributed by atoms with Crippen LogP contribution in [0.25, 0.3) is 0 Å². The summed E-state index contributed by atoms with van der Waals surface area (Å²) >= 11 is 1.22. The van der Waals surface area contributed by atoms with Gasteiger partial charge in [-0.05, 0) is 0 Å². The van der Waals surface area contributed by atoms with Crippen molar-refractivity contribution in [3.05, 3.63) is 35.9 Å². The summed E-state index contributed by atoms with van der Waals surface area (Å²) in [6.07, 6.45) is 0. The third kappa shape index (κ3) is 4.08. The van der Waals surface area contributed by atoms with E-state index in [2.05, 4.69) is 5.32 Å². The van der Waals surface area contributed by atoms with E-state index in [1.165, 1.54) is 11.8 Å². The molecule has 1 unspecified atom stereocenters. The highest BCUT2D eigenvalue weighted by molar-refractivity contribution is 8.14. The third-order valence-corrected chi connectivity index (χ3v) is 4.43. The van der Waals surface area contributed by atoms with E-state index in [0.29, 0.717) is 24.4 Å². The first-order valence-electron chi connectivity index (χ1n) is 6.82. The molecule has 1 saturated heterocycles. The number of piperazine rings is 1. The summed E-state index contributed by atoms with van der Waals surface area (Å²) in [5.74, 6) is 0.527. The minimum Gasteiger partial charge on any atom is -0.340 e. The molecule has 1 aliphatic rings. The molecule has 4 nitrogen and oxygen atoms in total. The number of carbonyl (C=O) groups excluding carboxylic acids is 2. The lowest BCUT2D eigenvalue weighted by Crippen LogP contribution is -2.46. The summed E-state index contributed by atoms with van der Waals surface area (Å²) < 4.78 is 0. The van der Waals surface area contributed by atoms with Crippen LogP contribution in [0, 0.1) is 5.92 Å². The Kier molecular flexibility index (Phi) is 5.61. The predicted molar refractivity (Wildman–Crippen MR) is 80.8 cm³/mol. The standard InChI is InChI=1S/C15H19N2O2S/c1-12(14(18)17-9-7-16-8-10-17)11-20-15(19)13-5-3-2-4-6-13/h2-6,12H,7-11H2,1H3. The van der Waals surface area contributed by atoms with Crippen molar-refractivity contribution >= 4 is 22.8 Å². The van der Waals surface area contributed by atoms with Crippen LogP contribution >= 0.6 is 11.8 Å². The second-order valence-electron chi connectivity index (χ2n) is 4.86. The van der Waals surface area contributed by atoms with Gasteiger partial charge >= 0.3 is 0 Å². The topological polar surface area (TPSA) is 51.5 Å². The highest BCUT2D eigenvalue weighted by atomic mass is 32.2. The first-order chi connectivity index (χ1) is 9.68. The molecule has 0 aliphatic carbocycles. The Hall–Kier alpha value is -1.33. The van der Waals surface area contributed by atoms with Gasteiger partial charge in [-0.3, -0.25) is 9.59 Å². The Morgan fingerprint density at radius 1 is 1.25 bits per heavy atom. The molecule has 1 aromatic carbocycles. The van der Waals surface area contributed by atoms with E-state index >= 15 is 0 Å². The van der Waals surface area contributed by atoms with Crippen LogP contribution in [-0.4, -0.2) is 47.9 Å². The summed E-state index contributed by atoms with van der Waals surface area (Å²) in [4.78, 5) is 26.0. The maximum absolute atomic E-state index is 12.2. The van der Waals surface area contributed by atoms with Gasteiger partial charge in [-0.2, -0.15) is 0 Å². The molecule has 0 bridgehead atoms. The molecule has 0 spiro atoms. The van der Waals surface area contributed by atoms with Crippen LogP contribution in [0.4, 0.5) is 0 Å². The van der Waals surface area contributed by atoms with E-state index in [1.54, 1.807) is 12.1 Å². The maximum atomic E-state index is 12.2. The molecular formula is C15H19N2O2S. The lowest BCUT2D eigenvalue weighted by atomic mass is 10.2. The molecule has 1 heterocycles. The zero-order chi connectivity index (χ0) is 14.4. The van der Waals surface area contributed by atoms with Crippen LogP contribution in [0.2, 0.25) is 0 Å². The van der Waals surface area contributed by atoms with Gasteiger partial charge in [0.05, 0.1) is 0 Å². The molecule has 2 rings (SSSR count). The van der Waals surface area contributed by atoms with Crippen LogP contribution in [0.15, 0.2) is 30.3 Å². The molecule has 5 heteroatoms. The molecule has 1 aromatic rings. The van der Waals surface area contributed by atoms with Gasteiger partial charge in [0.25, 0.3) is 0 Å². The summed E-state index contributed by atoms with van der Waals surface area (Å²) in [6, 6.07) is 9.18. The highest BCUT2D eigenvalue weighted by Gasteiger charge is 2.23. The van der Waals surface area contributed by atoms with Crippen molar-refractivity contribution in [2.75, 3.05) is 31.9 Å². The first kappa shape index (κ1) is 15.1. The Balaban J connectivity index is 1.81. The zero-order valence-corrected chi connectivity index (χ0v) is 12.4. The lowest BCUT2D eigenvalue weighted by Gasteiger charge is -2.28. The fourth-order valence-corrected chi connectivity index (χ4v) is 2.91. The first-order valence-corrected chi connectivity index (χ1v) is 7.81. The van der Waals surface area contributed by atoms with Crippen molar-refractivity contribution in [1.29, 1.82) is 0 Å². The Morgan fingerprint density at radius 2 is 1.90 bits per heavy atom. The van der Waals surface area contributed by atoms with Crippen molar-refractivity contribution in [3.8, 4) is 0 Å². The van der Waals surface area contributed by atoms with Gasteiger partial charge in [-0.1, -0.05) is 49.0 Å². The maximum Gasteiger partial charge on any atom is 0.226 e. The zero-order valence-electron chi connectivity index (χ0n) is 11.6. The molecular weight excluding hydrogens is 272 g/mol. The Bertz CT molecular complexity index is 458. The van der Waals surface area contributed by atoms with Crippen molar-refractivity contribution in [3.63, 3.8) is 0 Å². The van der Waals surface area contributed by atoms with Crippen molar-refractivity contribution < 1.29 is 9.59 Å². The van der Waals surface area contributed by atoms with Crippen LogP contribution in [0.1, 0.15) is 17.3 Å². The molecule has 1 radical (unpaired) electrons. The second kappa shape index (κ2) is 7.45. The monoisotopic (exact) mass is 291 g/mol. The van der Waals surface area contributed by atoms with Gasteiger partial charge in [-0.25, -0.2) is 5.32 Å². The third-order valence-electron chi connectivity index (χ3n) is 3.26. The smallest absolute Gasteiger partial charge is 0.226 e. The van der Waals surface area contributed by atoms with E-state index in [0.717, 1.165) is 13.1 Å². The normalized spacial score (nSPS) is 16.8. The Labute approximate surface area is 123 Å². The lowest BCUT2D eigenvalue weighted by molar-refractivity contribution is -0.134. The molecule has 1 fully saturated rings. The number of thioether (sulfide) groups is 1. The minimum absolute atomic E-state index is 0.0268. The number of nitrogens with zero attached hydrogens (tertiary/aromatic N) is 2. The van der Waals surface area contributed by atoms with Crippen LogP contribution in [0.5, 0.6) is 0 Å². The van der Waals surface area contributed by atoms with Gasteiger partial charge in [0.1, 0.15) is 0 Å². The van der Waals surface area contributed by atoms with E-state index < -0.39 is 0 Å². The van der Waals surface area contributed by atoms with Crippen LogP contribution in [-0.2, 0) is 4.79 Å². The molecule has 107 valence electrons. The van der Waals surface area contributed by atoms with E-state index in [9.17, 15) is 9.59 Å². The largest absolute Gasteiger partial charge is 0.340 e. The SMILES string of the molecule is CC(CSC(=O)c1ccccc1)C(=O)N1CC[N]CC1. The van der Waals surface area contributed by atoms with Gasteiger partial charge in [0.15, 0.2) is 0 Å². The molecule has 1 amide bonds. The summed E-state index contributed by atoms with van der Waals surface area (Å²) in [5, 5.41) is 4.26. The average molecular weight is 291 g/mol. The predicted octanol–water partition coefficient (Wildman–Crippen LogP) is 1.64. The van der Waals surface area contributed by atoms with Crippen molar-refractivity contribution in [1.82, 2.24) is 10.2 Å². The number of benzene rings is 1. The molecule has 0 saturated carbocycles. The fourth-order valence-electron chi connectivity index (χ4n) is 2.07. The van der Waals surface area contributed by atoms with Gasteiger partial charge in [0.2, 0.25) is 11.0 Å². The highest BCUT2D eigenvalue weighted by Crippen LogP contribution is 2.17. The Morgan fingerprint density at radius 3 is 2.55 bits per heavy atom. The van der Waals surface area contributed by atoms with Crippen molar-refractivity contribution in [2.45, 2.75) is 6.92 Å². The number of carbonyl (C=O) groups is 2. The van der Waals surface area contributed by atoms with Crippen LogP contribution < -0.4 is 5.32 Å². The van der Waals surface area contributed by atoms with Crippen molar-refractivity contribution in [2.24, 2.45) is 5.92 Å². The molecule has 0 aromatic heterocycles. The number of amides is 1. The van der Waals surface area contributed by atoms with Crippen LogP contribution in [0.3, 0.4) is 0 Å². The van der Waals surface area contributed by atoms with E-state index in [-0.39, 0.29) is 16.9 Å². The van der Waals surface area contributed by atoms with Gasteiger partial charge in [-0.15, -0.1) is 0 Å². The van der Waals surface area contributed by atoms with E-state index in [1.807, 2.05) is 30.0 Å². The molecule has 1 atom stereocenters. The average Bonchev–Trinajstić information content (AvgIpc) is 2.53.